The molecule has 0 spiro atoms. The molecule has 1 N–H and O–H groups in total. The molecule has 0 saturated heterocycles. The molecular weight excluding hydrogens is 174 g/mol. The van der Waals surface area contributed by atoms with Crippen LogP contribution in [0.5, 0.6) is 0 Å². The Labute approximate surface area is 83.8 Å². The average Bonchev–Trinajstić information content (AvgIpc) is 2.47. The second kappa shape index (κ2) is 3.01. The van der Waals surface area contributed by atoms with Gasteiger partial charge in [-0.2, -0.15) is 0 Å². The quantitative estimate of drug-likeness (QED) is 0.746. The summed E-state index contributed by atoms with van der Waals surface area (Å²) in [5.74, 6) is 0.911. The van der Waals surface area contributed by atoms with Gasteiger partial charge in [0, 0.05) is 14.1 Å². The van der Waals surface area contributed by atoms with Gasteiger partial charge in [-0.05, 0) is 31.0 Å². The fraction of sp³-hybridized carbons (Fsp3) is 0.364. The molecular formula is C11H15N3. The van der Waals surface area contributed by atoms with Crippen LogP contribution in [0.4, 0.5) is 5.95 Å². The van der Waals surface area contributed by atoms with E-state index >= 15 is 0 Å². The van der Waals surface area contributed by atoms with Crippen LogP contribution in [-0.2, 0) is 0 Å². The third-order valence-corrected chi connectivity index (χ3v) is 2.33. The number of aromatic nitrogens is 2. The van der Waals surface area contributed by atoms with E-state index in [4.69, 9.17) is 0 Å². The van der Waals surface area contributed by atoms with Gasteiger partial charge in [0.1, 0.15) is 0 Å². The Morgan fingerprint density at radius 1 is 1.21 bits per heavy atom. The molecule has 0 amide bonds. The lowest BCUT2D eigenvalue weighted by atomic mass is 10.1. The number of H-pyrrole nitrogens is 1. The van der Waals surface area contributed by atoms with E-state index in [2.05, 4.69) is 35.9 Å². The summed E-state index contributed by atoms with van der Waals surface area (Å²) in [6.07, 6.45) is 0. The number of anilines is 1. The van der Waals surface area contributed by atoms with Crippen LogP contribution >= 0.6 is 0 Å². The molecule has 0 aliphatic carbocycles. The molecule has 74 valence electrons. The van der Waals surface area contributed by atoms with Crippen LogP contribution in [0.15, 0.2) is 12.1 Å². The number of aromatic amines is 1. The van der Waals surface area contributed by atoms with E-state index in [0.717, 1.165) is 17.0 Å². The lowest BCUT2D eigenvalue weighted by molar-refractivity contribution is 1.05. The normalized spacial score (nSPS) is 10.9. The Bertz CT molecular complexity index is 469. The van der Waals surface area contributed by atoms with E-state index in [1.54, 1.807) is 0 Å². The van der Waals surface area contributed by atoms with Gasteiger partial charge in [-0.25, -0.2) is 4.98 Å². The Kier molecular flexibility index (Phi) is 1.95. The summed E-state index contributed by atoms with van der Waals surface area (Å²) in [4.78, 5) is 9.80. The number of hydrogen-bond acceptors (Lipinski definition) is 2. The standard InChI is InChI=1S/C11H15N3/c1-7-5-8(2)10-9(6-7)12-11(13-10)14(3)4/h5-6H,1-4H3,(H,12,13). The van der Waals surface area contributed by atoms with Gasteiger partial charge >= 0.3 is 0 Å². The SMILES string of the molecule is Cc1cc(C)c2nc(N(C)C)[nH]c2c1. The zero-order valence-corrected chi connectivity index (χ0v) is 9.05. The summed E-state index contributed by atoms with van der Waals surface area (Å²) in [5.41, 5.74) is 4.68. The largest absolute Gasteiger partial charge is 0.349 e. The molecule has 2 aromatic rings. The third-order valence-electron chi connectivity index (χ3n) is 2.33. The minimum Gasteiger partial charge on any atom is -0.349 e. The Hall–Kier alpha value is -1.51. The Morgan fingerprint density at radius 3 is 2.57 bits per heavy atom. The van der Waals surface area contributed by atoms with Crippen molar-refractivity contribution in [3.63, 3.8) is 0 Å². The summed E-state index contributed by atoms with van der Waals surface area (Å²) in [6, 6.07) is 4.28. The zero-order valence-electron chi connectivity index (χ0n) is 9.05. The predicted molar refractivity (Wildman–Crippen MR) is 59.9 cm³/mol. The number of nitrogens with one attached hydrogen (secondary N) is 1. The first-order valence-corrected chi connectivity index (χ1v) is 4.72. The molecule has 1 aromatic carbocycles. The summed E-state index contributed by atoms with van der Waals surface area (Å²) in [6.45, 7) is 4.19. The van der Waals surface area contributed by atoms with E-state index in [0.29, 0.717) is 0 Å². The lowest BCUT2D eigenvalue weighted by Gasteiger charge is -2.05. The van der Waals surface area contributed by atoms with Crippen molar-refractivity contribution in [1.29, 1.82) is 0 Å². The van der Waals surface area contributed by atoms with Gasteiger partial charge in [0.05, 0.1) is 11.0 Å². The van der Waals surface area contributed by atoms with E-state index in [-0.39, 0.29) is 0 Å². The Morgan fingerprint density at radius 2 is 1.93 bits per heavy atom. The van der Waals surface area contributed by atoms with Crippen LogP contribution in [0.25, 0.3) is 11.0 Å². The molecule has 3 nitrogen and oxygen atoms in total. The summed E-state index contributed by atoms with van der Waals surface area (Å²) in [7, 11) is 3.97. The number of nitrogens with zero attached hydrogens (tertiary/aromatic N) is 2. The fourth-order valence-electron chi connectivity index (χ4n) is 1.67. The number of imidazole rings is 1. The van der Waals surface area contributed by atoms with Crippen molar-refractivity contribution in [1.82, 2.24) is 9.97 Å². The van der Waals surface area contributed by atoms with Gasteiger partial charge in [0.15, 0.2) is 0 Å². The first kappa shape index (κ1) is 9.06. The van der Waals surface area contributed by atoms with Gasteiger partial charge in [-0.3, -0.25) is 0 Å². The van der Waals surface area contributed by atoms with Crippen LogP contribution in [-0.4, -0.2) is 24.1 Å². The number of fused-ring (bicyclic) bond motifs is 1. The highest BCUT2D eigenvalue weighted by Crippen LogP contribution is 2.20. The van der Waals surface area contributed by atoms with Crippen LogP contribution in [0.3, 0.4) is 0 Å². The molecule has 0 radical (unpaired) electrons. The summed E-state index contributed by atoms with van der Waals surface area (Å²) < 4.78 is 0. The molecule has 0 bridgehead atoms. The van der Waals surface area contributed by atoms with Crippen molar-refractivity contribution < 1.29 is 0 Å². The maximum atomic E-state index is 4.52. The fourth-order valence-corrected chi connectivity index (χ4v) is 1.67. The highest BCUT2D eigenvalue weighted by atomic mass is 15.2. The second-order valence-electron chi connectivity index (χ2n) is 3.93. The number of rotatable bonds is 1. The number of hydrogen-bond donors (Lipinski definition) is 1. The zero-order chi connectivity index (χ0) is 10.3. The molecule has 14 heavy (non-hydrogen) atoms. The van der Waals surface area contributed by atoms with Gasteiger partial charge in [0.2, 0.25) is 5.95 Å². The van der Waals surface area contributed by atoms with Gasteiger partial charge < -0.3 is 9.88 Å². The molecule has 3 heteroatoms. The first-order chi connectivity index (χ1) is 6.58. The molecule has 0 saturated carbocycles. The number of aryl methyl sites for hydroxylation is 2. The van der Waals surface area contributed by atoms with Crippen molar-refractivity contribution in [2.24, 2.45) is 0 Å². The van der Waals surface area contributed by atoms with Crippen LogP contribution in [0.1, 0.15) is 11.1 Å². The minimum atomic E-state index is 0.911. The smallest absolute Gasteiger partial charge is 0.203 e. The molecule has 0 aliphatic rings. The maximum absolute atomic E-state index is 4.52. The van der Waals surface area contributed by atoms with Crippen molar-refractivity contribution in [3.8, 4) is 0 Å². The van der Waals surface area contributed by atoms with Crippen LogP contribution in [0.2, 0.25) is 0 Å². The number of benzene rings is 1. The van der Waals surface area contributed by atoms with E-state index in [1.807, 2.05) is 19.0 Å². The lowest BCUT2D eigenvalue weighted by Crippen LogP contribution is -2.09. The molecule has 1 aromatic heterocycles. The van der Waals surface area contributed by atoms with Crippen molar-refractivity contribution in [2.75, 3.05) is 19.0 Å². The highest BCUT2D eigenvalue weighted by molar-refractivity contribution is 5.81. The summed E-state index contributed by atoms with van der Waals surface area (Å²) in [5, 5.41) is 0. The van der Waals surface area contributed by atoms with Gasteiger partial charge in [-0.1, -0.05) is 6.07 Å². The highest BCUT2D eigenvalue weighted by Gasteiger charge is 2.06. The van der Waals surface area contributed by atoms with Gasteiger partial charge in [0.25, 0.3) is 0 Å². The van der Waals surface area contributed by atoms with Crippen LogP contribution in [0, 0.1) is 13.8 Å². The monoisotopic (exact) mass is 189 g/mol. The van der Waals surface area contributed by atoms with Gasteiger partial charge in [-0.15, -0.1) is 0 Å². The van der Waals surface area contributed by atoms with E-state index < -0.39 is 0 Å². The van der Waals surface area contributed by atoms with Crippen molar-refractivity contribution in [2.45, 2.75) is 13.8 Å². The molecule has 0 fully saturated rings. The van der Waals surface area contributed by atoms with E-state index in [1.165, 1.54) is 11.1 Å². The predicted octanol–water partition coefficient (Wildman–Crippen LogP) is 2.25. The summed E-state index contributed by atoms with van der Waals surface area (Å²) >= 11 is 0. The second-order valence-corrected chi connectivity index (χ2v) is 3.93. The molecule has 0 aliphatic heterocycles. The van der Waals surface area contributed by atoms with Crippen molar-refractivity contribution in [3.05, 3.63) is 23.3 Å². The Balaban J connectivity index is 2.70. The first-order valence-electron chi connectivity index (χ1n) is 4.72. The molecule has 2 rings (SSSR count). The van der Waals surface area contributed by atoms with Crippen LogP contribution < -0.4 is 4.90 Å². The topological polar surface area (TPSA) is 31.9 Å². The minimum absolute atomic E-state index is 0.911. The molecule has 1 heterocycles. The maximum Gasteiger partial charge on any atom is 0.203 e. The third kappa shape index (κ3) is 1.35. The molecule has 0 atom stereocenters. The van der Waals surface area contributed by atoms with Crippen molar-refractivity contribution >= 4 is 17.0 Å². The average molecular weight is 189 g/mol. The van der Waals surface area contributed by atoms with E-state index in [9.17, 15) is 0 Å². The molecule has 0 unspecified atom stereocenters.